The number of nitrogens with zero attached hydrogens (tertiary/aromatic N) is 6. The zero-order valence-corrected chi connectivity index (χ0v) is 20.0. The van der Waals surface area contributed by atoms with Crippen LogP contribution in [-0.2, 0) is 5.67 Å². The van der Waals surface area contributed by atoms with E-state index in [0.717, 1.165) is 67.4 Å². The van der Waals surface area contributed by atoms with Crippen LogP contribution in [0.25, 0.3) is 10.9 Å². The van der Waals surface area contributed by atoms with E-state index in [4.69, 9.17) is 16.6 Å². The molecule has 3 fully saturated rings. The maximum absolute atomic E-state index is 15.1. The summed E-state index contributed by atoms with van der Waals surface area (Å²) in [6.45, 7) is 6.50. The maximum Gasteiger partial charge on any atom is 0.170 e. The van der Waals surface area contributed by atoms with E-state index in [1.807, 2.05) is 24.4 Å². The lowest BCUT2D eigenvalue weighted by Gasteiger charge is -2.37. The van der Waals surface area contributed by atoms with Gasteiger partial charge in [-0.3, -0.25) is 0 Å². The molecule has 34 heavy (non-hydrogen) atoms. The highest BCUT2D eigenvalue weighted by atomic mass is 35.5. The molecule has 3 aromatic rings. The summed E-state index contributed by atoms with van der Waals surface area (Å²) in [5.41, 5.74) is 1.24. The number of aryl methyl sites for hydroxylation is 1. The summed E-state index contributed by atoms with van der Waals surface area (Å²) >= 11 is 6.71. The molecule has 178 valence electrons. The van der Waals surface area contributed by atoms with Crippen molar-refractivity contribution >= 4 is 39.8 Å². The first-order valence-corrected chi connectivity index (χ1v) is 12.3. The van der Waals surface area contributed by atoms with Crippen molar-refractivity contribution < 1.29 is 9.50 Å². The third kappa shape index (κ3) is 3.82. The SMILES string of the molecule is Cc1cccnc1N1CCN(c2nc(C3(F)CC3)nc3c(Cl)cc(N4CC[C@H](O)C4)cc23)CC1. The van der Waals surface area contributed by atoms with E-state index in [1.54, 1.807) is 0 Å². The van der Waals surface area contributed by atoms with Gasteiger partial charge in [0.05, 0.1) is 16.6 Å². The molecule has 2 aliphatic heterocycles. The number of aliphatic hydroxyl groups excluding tert-OH is 1. The summed E-state index contributed by atoms with van der Waals surface area (Å²) in [7, 11) is 0. The third-order valence-electron chi connectivity index (χ3n) is 7.20. The Morgan fingerprint density at radius 1 is 1.03 bits per heavy atom. The Balaban J connectivity index is 1.38. The minimum atomic E-state index is -1.45. The van der Waals surface area contributed by atoms with Crippen LogP contribution in [0, 0.1) is 6.92 Å². The van der Waals surface area contributed by atoms with Crippen molar-refractivity contribution in [2.75, 3.05) is 54.0 Å². The summed E-state index contributed by atoms with van der Waals surface area (Å²) in [5.74, 6) is 1.99. The number of benzene rings is 1. The lowest BCUT2D eigenvalue weighted by Crippen LogP contribution is -2.47. The normalized spacial score (nSPS) is 22.0. The number of halogens is 2. The molecular formula is C25H28ClFN6O. The third-order valence-corrected chi connectivity index (χ3v) is 7.49. The van der Waals surface area contributed by atoms with Crippen LogP contribution < -0.4 is 14.7 Å². The molecule has 0 amide bonds. The van der Waals surface area contributed by atoms with E-state index < -0.39 is 5.67 Å². The Hall–Kier alpha value is -2.71. The van der Waals surface area contributed by atoms with Gasteiger partial charge in [0.1, 0.15) is 11.6 Å². The number of alkyl halides is 1. The predicted octanol–water partition coefficient (Wildman–Crippen LogP) is 3.84. The standard InChI is InChI=1S/C25H28ClFN6O/c1-16-3-2-7-28-22(16)31-9-11-32(12-10-31)23-19-13-17(33-8-4-18(34)15-33)14-20(26)21(19)29-24(30-23)25(27)5-6-25/h2-3,7,13-14,18,34H,4-6,8-12,15H2,1H3/t18-/m0/s1. The van der Waals surface area contributed by atoms with Gasteiger partial charge in [-0.25, -0.2) is 19.3 Å². The average molecular weight is 483 g/mol. The Bertz CT molecular complexity index is 1240. The van der Waals surface area contributed by atoms with Crippen LogP contribution in [0.2, 0.25) is 5.02 Å². The van der Waals surface area contributed by atoms with Crippen LogP contribution in [0.3, 0.4) is 0 Å². The van der Waals surface area contributed by atoms with E-state index in [0.29, 0.717) is 29.9 Å². The van der Waals surface area contributed by atoms with Gasteiger partial charge in [0.2, 0.25) is 0 Å². The molecule has 0 unspecified atom stereocenters. The number of piperazine rings is 1. The van der Waals surface area contributed by atoms with Crippen LogP contribution in [0.1, 0.15) is 30.7 Å². The van der Waals surface area contributed by atoms with Crippen LogP contribution in [-0.4, -0.2) is 65.4 Å². The minimum absolute atomic E-state index is 0.240. The molecular weight excluding hydrogens is 455 g/mol. The van der Waals surface area contributed by atoms with E-state index in [1.165, 1.54) is 0 Å². The van der Waals surface area contributed by atoms with Crippen molar-refractivity contribution in [3.8, 4) is 0 Å². The highest BCUT2D eigenvalue weighted by Crippen LogP contribution is 2.49. The molecule has 0 spiro atoms. The number of anilines is 3. The first kappa shape index (κ1) is 21.8. The molecule has 0 bridgehead atoms. The average Bonchev–Trinajstić information content (AvgIpc) is 3.45. The Labute approximate surface area is 203 Å². The summed E-state index contributed by atoms with van der Waals surface area (Å²) in [6.07, 6.45) is 3.13. The topological polar surface area (TPSA) is 68.6 Å². The molecule has 6 rings (SSSR count). The summed E-state index contributed by atoms with van der Waals surface area (Å²) in [4.78, 5) is 20.6. The molecule has 7 nitrogen and oxygen atoms in total. The lowest BCUT2D eigenvalue weighted by atomic mass is 10.1. The molecule has 2 saturated heterocycles. The maximum atomic E-state index is 15.1. The zero-order valence-electron chi connectivity index (χ0n) is 19.2. The molecule has 0 radical (unpaired) electrons. The molecule has 2 aromatic heterocycles. The molecule has 9 heteroatoms. The number of aromatic nitrogens is 3. The molecule has 1 N–H and O–H groups in total. The summed E-state index contributed by atoms with van der Waals surface area (Å²) in [6, 6.07) is 7.95. The van der Waals surface area contributed by atoms with Gasteiger partial charge in [0.15, 0.2) is 11.5 Å². The second-order valence-electron chi connectivity index (χ2n) is 9.67. The van der Waals surface area contributed by atoms with E-state index in [-0.39, 0.29) is 11.9 Å². The Kier molecular flexibility index (Phi) is 5.26. The van der Waals surface area contributed by atoms with E-state index in [9.17, 15) is 5.11 Å². The van der Waals surface area contributed by atoms with Crippen molar-refractivity contribution in [3.63, 3.8) is 0 Å². The molecule has 1 aromatic carbocycles. The van der Waals surface area contributed by atoms with Crippen molar-refractivity contribution in [2.45, 2.75) is 38.0 Å². The molecule has 1 aliphatic carbocycles. The van der Waals surface area contributed by atoms with Crippen molar-refractivity contribution in [3.05, 3.63) is 46.9 Å². The fourth-order valence-electron chi connectivity index (χ4n) is 5.03. The second-order valence-corrected chi connectivity index (χ2v) is 10.1. The van der Waals surface area contributed by atoms with Gasteiger partial charge in [0, 0.05) is 56.5 Å². The molecule has 1 atom stereocenters. The number of hydrogen-bond donors (Lipinski definition) is 1. The van der Waals surface area contributed by atoms with Gasteiger partial charge >= 0.3 is 0 Å². The van der Waals surface area contributed by atoms with Crippen LogP contribution >= 0.6 is 11.6 Å². The number of β-amino-alcohol motifs (C(OH)–C–C–N with tert-alkyl or cyclic N) is 1. The Morgan fingerprint density at radius 2 is 1.76 bits per heavy atom. The van der Waals surface area contributed by atoms with E-state index in [2.05, 4.69) is 37.7 Å². The predicted molar refractivity (Wildman–Crippen MR) is 133 cm³/mol. The number of fused-ring (bicyclic) bond motifs is 1. The van der Waals surface area contributed by atoms with Crippen molar-refractivity contribution in [1.82, 2.24) is 15.0 Å². The van der Waals surface area contributed by atoms with Gasteiger partial charge in [-0.15, -0.1) is 0 Å². The highest BCUT2D eigenvalue weighted by Gasteiger charge is 2.48. The van der Waals surface area contributed by atoms with Crippen LogP contribution in [0.4, 0.5) is 21.7 Å². The number of hydrogen-bond acceptors (Lipinski definition) is 7. The molecule has 4 heterocycles. The van der Waals surface area contributed by atoms with Gasteiger partial charge < -0.3 is 19.8 Å². The quantitative estimate of drug-likeness (QED) is 0.605. The molecule has 3 aliphatic rings. The molecule has 1 saturated carbocycles. The zero-order chi connectivity index (χ0) is 23.4. The number of rotatable bonds is 4. The van der Waals surface area contributed by atoms with Crippen molar-refractivity contribution in [2.24, 2.45) is 0 Å². The first-order chi connectivity index (χ1) is 16.4. The smallest absolute Gasteiger partial charge is 0.170 e. The van der Waals surface area contributed by atoms with Crippen molar-refractivity contribution in [1.29, 1.82) is 0 Å². The summed E-state index contributed by atoms with van der Waals surface area (Å²) < 4.78 is 15.1. The van der Waals surface area contributed by atoms with E-state index >= 15 is 4.39 Å². The first-order valence-electron chi connectivity index (χ1n) is 12.0. The largest absolute Gasteiger partial charge is 0.391 e. The van der Waals surface area contributed by atoms with Crippen LogP contribution in [0.5, 0.6) is 0 Å². The highest BCUT2D eigenvalue weighted by molar-refractivity contribution is 6.35. The number of pyridine rings is 1. The van der Waals surface area contributed by atoms with Gasteiger partial charge in [0.25, 0.3) is 0 Å². The monoisotopic (exact) mass is 482 g/mol. The minimum Gasteiger partial charge on any atom is -0.391 e. The fourth-order valence-corrected chi connectivity index (χ4v) is 5.29. The second kappa shape index (κ2) is 8.20. The van der Waals surface area contributed by atoms with Gasteiger partial charge in [-0.1, -0.05) is 17.7 Å². The fraction of sp³-hybridized carbons (Fsp3) is 0.480. The number of aliphatic hydroxyl groups is 1. The lowest BCUT2D eigenvalue weighted by molar-refractivity contribution is 0.198. The summed E-state index contributed by atoms with van der Waals surface area (Å²) in [5, 5.41) is 11.3. The van der Waals surface area contributed by atoms with Gasteiger partial charge in [-0.2, -0.15) is 0 Å². The Morgan fingerprint density at radius 3 is 2.41 bits per heavy atom. The van der Waals surface area contributed by atoms with Gasteiger partial charge in [-0.05, 0) is 49.9 Å². The van der Waals surface area contributed by atoms with Crippen LogP contribution in [0.15, 0.2) is 30.5 Å².